The van der Waals surface area contributed by atoms with Gasteiger partial charge < -0.3 is 15.6 Å². The number of nitrogens with two attached hydrogens (primary N) is 1. The van der Waals surface area contributed by atoms with E-state index in [-0.39, 0.29) is 24.0 Å². The van der Waals surface area contributed by atoms with E-state index >= 15 is 0 Å². The van der Waals surface area contributed by atoms with Gasteiger partial charge in [0.1, 0.15) is 0 Å². The van der Waals surface area contributed by atoms with E-state index in [1.807, 2.05) is 17.1 Å². The lowest BCUT2D eigenvalue weighted by Crippen LogP contribution is -2.32. The summed E-state index contributed by atoms with van der Waals surface area (Å²) in [6.45, 7) is 4.67. The standard InChI is InChI=1S/C10H19N5.HI/c1-2-4-13-10(11)14-5-3-7-15-8-6-12-9-15;/h6,8-9H,2-5,7H2,1H3,(H3,11,13,14);1H. The Hall–Kier alpha value is -0.790. The molecule has 1 aromatic rings. The van der Waals surface area contributed by atoms with Gasteiger partial charge in [-0.2, -0.15) is 0 Å². The smallest absolute Gasteiger partial charge is 0.188 e. The van der Waals surface area contributed by atoms with Crippen LogP contribution in [0.1, 0.15) is 19.8 Å². The molecule has 0 spiro atoms. The average molecular weight is 337 g/mol. The van der Waals surface area contributed by atoms with Gasteiger partial charge in [0.15, 0.2) is 5.96 Å². The van der Waals surface area contributed by atoms with Crippen molar-refractivity contribution in [3.8, 4) is 0 Å². The molecule has 0 bridgehead atoms. The Balaban J connectivity index is 0.00000225. The summed E-state index contributed by atoms with van der Waals surface area (Å²) in [4.78, 5) is 8.11. The van der Waals surface area contributed by atoms with Crippen molar-refractivity contribution in [3.63, 3.8) is 0 Å². The number of halogens is 1. The number of aryl methyl sites for hydroxylation is 1. The van der Waals surface area contributed by atoms with Crippen LogP contribution in [0, 0.1) is 0 Å². The lowest BCUT2D eigenvalue weighted by Gasteiger charge is -2.05. The number of nitrogens with zero attached hydrogens (tertiary/aromatic N) is 3. The molecule has 3 N–H and O–H groups in total. The Morgan fingerprint density at radius 1 is 1.56 bits per heavy atom. The zero-order valence-electron chi connectivity index (χ0n) is 9.59. The van der Waals surface area contributed by atoms with Crippen LogP contribution >= 0.6 is 24.0 Å². The molecule has 1 heterocycles. The zero-order valence-corrected chi connectivity index (χ0v) is 11.9. The third-order valence-corrected chi connectivity index (χ3v) is 1.96. The number of nitrogens with one attached hydrogen (secondary N) is 1. The monoisotopic (exact) mass is 337 g/mol. The number of hydrogen-bond donors (Lipinski definition) is 2. The van der Waals surface area contributed by atoms with Crippen LogP contribution in [0.25, 0.3) is 0 Å². The van der Waals surface area contributed by atoms with E-state index in [4.69, 9.17) is 5.73 Å². The van der Waals surface area contributed by atoms with Crippen LogP contribution < -0.4 is 11.1 Å². The van der Waals surface area contributed by atoms with Gasteiger partial charge in [0.05, 0.1) is 6.33 Å². The third kappa shape index (κ3) is 6.65. The zero-order chi connectivity index (χ0) is 10.9. The fourth-order valence-electron chi connectivity index (χ4n) is 1.19. The van der Waals surface area contributed by atoms with Gasteiger partial charge in [0.25, 0.3) is 0 Å². The highest BCUT2D eigenvalue weighted by Gasteiger charge is 1.92. The maximum Gasteiger partial charge on any atom is 0.188 e. The summed E-state index contributed by atoms with van der Waals surface area (Å²) in [5.41, 5.74) is 5.64. The Morgan fingerprint density at radius 3 is 3.00 bits per heavy atom. The molecule has 0 radical (unpaired) electrons. The van der Waals surface area contributed by atoms with E-state index < -0.39 is 0 Å². The topological polar surface area (TPSA) is 68.2 Å². The highest BCUT2D eigenvalue weighted by Crippen LogP contribution is 1.88. The van der Waals surface area contributed by atoms with Gasteiger partial charge >= 0.3 is 0 Å². The summed E-state index contributed by atoms with van der Waals surface area (Å²) < 4.78 is 2.04. The Labute approximate surface area is 114 Å². The molecule has 0 fully saturated rings. The molecule has 0 atom stereocenters. The largest absolute Gasteiger partial charge is 0.370 e. The molecular weight excluding hydrogens is 317 g/mol. The quantitative estimate of drug-likeness (QED) is 0.355. The predicted octanol–water partition coefficient (Wildman–Crippen LogP) is 1.21. The van der Waals surface area contributed by atoms with E-state index in [1.165, 1.54) is 0 Å². The highest BCUT2D eigenvalue weighted by molar-refractivity contribution is 14.0. The summed E-state index contributed by atoms with van der Waals surface area (Å²) >= 11 is 0. The van der Waals surface area contributed by atoms with E-state index in [2.05, 4.69) is 22.2 Å². The van der Waals surface area contributed by atoms with Crippen LogP contribution in [0.2, 0.25) is 0 Å². The van der Waals surface area contributed by atoms with Crippen LogP contribution in [0.4, 0.5) is 0 Å². The fraction of sp³-hybridized carbons (Fsp3) is 0.600. The third-order valence-electron chi connectivity index (χ3n) is 1.96. The van der Waals surface area contributed by atoms with Crippen molar-refractivity contribution in [3.05, 3.63) is 18.7 Å². The van der Waals surface area contributed by atoms with Gasteiger partial charge in [-0.3, -0.25) is 4.99 Å². The molecule has 6 heteroatoms. The minimum Gasteiger partial charge on any atom is -0.370 e. The number of rotatable bonds is 6. The SMILES string of the molecule is CCCN=C(N)NCCCn1ccnc1.I. The summed E-state index contributed by atoms with van der Waals surface area (Å²) in [6, 6.07) is 0. The maximum absolute atomic E-state index is 5.64. The van der Waals surface area contributed by atoms with Crippen LogP contribution in [-0.2, 0) is 6.54 Å². The number of guanidine groups is 1. The van der Waals surface area contributed by atoms with Crippen LogP contribution in [0.3, 0.4) is 0 Å². The minimum absolute atomic E-state index is 0. The lowest BCUT2D eigenvalue weighted by molar-refractivity contribution is 0.629. The Morgan fingerprint density at radius 2 is 2.38 bits per heavy atom. The number of aliphatic imine (C=N–C) groups is 1. The van der Waals surface area contributed by atoms with Crippen LogP contribution in [-0.4, -0.2) is 28.6 Å². The fourth-order valence-corrected chi connectivity index (χ4v) is 1.19. The van der Waals surface area contributed by atoms with Gasteiger partial charge in [-0.15, -0.1) is 24.0 Å². The molecule has 0 saturated carbocycles. The van der Waals surface area contributed by atoms with Gasteiger partial charge in [0, 0.05) is 32.0 Å². The molecular formula is C10H20IN5. The summed E-state index contributed by atoms with van der Waals surface area (Å²) in [7, 11) is 0. The minimum atomic E-state index is 0. The molecule has 92 valence electrons. The Kier molecular flexibility index (Phi) is 8.97. The van der Waals surface area contributed by atoms with Crippen molar-refractivity contribution in [1.82, 2.24) is 14.9 Å². The number of imidazole rings is 1. The van der Waals surface area contributed by atoms with Crippen molar-refractivity contribution < 1.29 is 0 Å². The first kappa shape index (κ1) is 15.2. The second kappa shape index (κ2) is 9.44. The Bertz CT molecular complexity index is 283. The van der Waals surface area contributed by atoms with Crippen molar-refractivity contribution in [2.75, 3.05) is 13.1 Å². The first-order valence-corrected chi connectivity index (χ1v) is 5.32. The summed E-state index contributed by atoms with van der Waals surface area (Å²) in [5.74, 6) is 0.544. The molecule has 16 heavy (non-hydrogen) atoms. The van der Waals surface area contributed by atoms with Gasteiger partial charge in [0.2, 0.25) is 0 Å². The van der Waals surface area contributed by atoms with Crippen molar-refractivity contribution in [2.45, 2.75) is 26.3 Å². The van der Waals surface area contributed by atoms with Gasteiger partial charge in [-0.1, -0.05) is 6.92 Å². The molecule has 5 nitrogen and oxygen atoms in total. The van der Waals surface area contributed by atoms with E-state index in [0.29, 0.717) is 5.96 Å². The summed E-state index contributed by atoms with van der Waals surface area (Å²) in [5, 5.41) is 3.07. The van der Waals surface area contributed by atoms with Crippen molar-refractivity contribution in [1.29, 1.82) is 0 Å². The molecule has 0 saturated heterocycles. The van der Waals surface area contributed by atoms with Gasteiger partial charge in [-0.25, -0.2) is 4.98 Å². The number of aromatic nitrogens is 2. The predicted molar refractivity (Wildman–Crippen MR) is 77.0 cm³/mol. The van der Waals surface area contributed by atoms with Crippen molar-refractivity contribution in [2.24, 2.45) is 10.7 Å². The molecule has 0 amide bonds. The molecule has 0 aliphatic rings. The molecule has 0 aliphatic heterocycles. The number of hydrogen-bond acceptors (Lipinski definition) is 2. The molecule has 0 aromatic carbocycles. The van der Waals surface area contributed by atoms with Crippen LogP contribution in [0.5, 0.6) is 0 Å². The normalized spacial score (nSPS) is 10.9. The van der Waals surface area contributed by atoms with Crippen molar-refractivity contribution >= 4 is 29.9 Å². The maximum atomic E-state index is 5.64. The van der Waals surface area contributed by atoms with E-state index in [9.17, 15) is 0 Å². The molecule has 0 unspecified atom stereocenters. The van der Waals surface area contributed by atoms with E-state index in [0.717, 1.165) is 32.5 Å². The first-order chi connectivity index (χ1) is 7.33. The summed E-state index contributed by atoms with van der Waals surface area (Å²) in [6.07, 6.45) is 7.59. The van der Waals surface area contributed by atoms with Gasteiger partial charge in [-0.05, 0) is 12.8 Å². The highest BCUT2D eigenvalue weighted by atomic mass is 127. The second-order valence-corrected chi connectivity index (χ2v) is 3.35. The second-order valence-electron chi connectivity index (χ2n) is 3.35. The van der Waals surface area contributed by atoms with E-state index in [1.54, 1.807) is 6.20 Å². The molecule has 1 rings (SSSR count). The first-order valence-electron chi connectivity index (χ1n) is 5.32. The lowest BCUT2D eigenvalue weighted by atomic mass is 10.4. The molecule has 1 aromatic heterocycles. The molecule has 0 aliphatic carbocycles. The average Bonchev–Trinajstić information content (AvgIpc) is 2.74. The van der Waals surface area contributed by atoms with Crippen LogP contribution in [0.15, 0.2) is 23.7 Å².